The van der Waals surface area contributed by atoms with Crippen molar-refractivity contribution in [2.75, 3.05) is 26.0 Å². The van der Waals surface area contributed by atoms with Crippen LogP contribution in [-0.4, -0.2) is 45.7 Å². The van der Waals surface area contributed by atoms with Crippen LogP contribution in [0.2, 0.25) is 0 Å². The van der Waals surface area contributed by atoms with Gasteiger partial charge < -0.3 is 20.4 Å². The molecule has 0 atom stereocenters. The van der Waals surface area contributed by atoms with Crippen LogP contribution in [0, 0.1) is 0 Å². The van der Waals surface area contributed by atoms with Gasteiger partial charge in [-0.2, -0.15) is 0 Å². The lowest BCUT2D eigenvalue weighted by atomic mass is 10.1. The number of nitrogens with zero attached hydrogens (tertiary/aromatic N) is 4. The van der Waals surface area contributed by atoms with Gasteiger partial charge in [-0.05, 0) is 30.5 Å². The molecule has 0 aliphatic heterocycles. The number of benzene rings is 2. The average Bonchev–Trinajstić information content (AvgIpc) is 3.31. The van der Waals surface area contributed by atoms with Crippen LogP contribution in [0.15, 0.2) is 73.1 Å². The molecule has 3 aromatic heterocycles. The van der Waals surface area contributed by atoms with Gasteiger partial charge in [0.25, 0.3) is 5.91 Å². The highest BCUT2D eigenvalue weighted by atomic mass is 16.5. The molecule has 0 saturated carbocycles. The van der Waals surface area contributed by atoms with Crippen molar-refractivity contribution in [3.63, 3.8) is 0 Å². The Morgan fingerprint density at radius 2 is 1.81 bits per heavy atom. The Hall–Kier alpha value is -4.30. The van der Waals surface area contributed by atoms with E-state index in [2.05, 4.69) is 25.9 Å². The molecule has 5 aromatic rings. The lowest BCUT2D eigenvalue weighted by molar-refractivity contribution is 0.0952. The van der Waals surface area contributed by atoms with Crippen LogP contribution < -0.4 is 11.1 Å². The third-order valence-corrected chi connectivity index (χ3v) is 6.42. The topological polar surface area (TPSA) is 108 Å². The average molecular weight is 495 g/mol. The first-order valence-corrected chi connectivity index (χ1v) is 12.5. The third kappa shape index (κ3) is 5.29. The highest BCUT2D eigenvalue weighted by Gasteiger charge is 2.17. The number of carbonyl (C=O) groups is 1. The van der Waals surface area contributed by atoms with E-state index in [1.165, 1.54) is 0 Å². The third-order valence-electron chi connectivity index (χ3n) is 6.42. The zero-order valence-electron chi connectivity index (χ0n) is 20.9. The smallest absolute Gasteiger partial charge is 0.252 e. The first-order valence-electron chi connectivity index (χ1n) is 12.5. The number of carbonyl (C=O) groups excluding carboxylic acids is 1. The van der Waals surface area contributed by atoms with Crippen molar-refractivity contribution >= 4 is 33.7 Å². The summed E-state index contributed by atoms with van der Waals surface area (Å²) in [5, 5.41) is 4.06. The van der Waals surface area contributed by atoms with Crippen molar-refractivity contribution in [1.29, 1.82) is 0 Å². The van der Waals surface area contributed by atoms with E-state index in [1.807, 2.05) is 54.6 Å². The van der Waals surface area contributed by atoms with E-state index in [0.29, 0.717) is 31.0 Å². The molecule has 5 rings (SSSR count). The second-order valence-electron chi connectivity index (χ2n) is 8.93. The maximum Gasteiger partial charge on any atom is 0.252 e. The van der Waals surface area contributed by atoms with Crippen molar-refractivity contribution in [3.8, 4) is 11.1 Å². The molecule has 0 radical (unpaired) electrons. The predicted octanol–water partition coefficient (Wildman–Crippen LogP) is 4.63. The summed E-state index contributed by atoms with van der Waals surface area (Å²) < 4.78 is 7.54. The van der Waals surface area contributed by atoms with E-state index in [9.17, 15) is 4.79 Å². The minimum absolute atomic E-state index is 0.121. The number of anilines is 1. The number of amides is 1. The molecule has 0 aliphatic carbocycles. The number of fused-ring (bicyclic) bond motifs is 3. The highest BCUT2D eigenvalue weighted by molar-refractivity contribution is 6.06. The number of methoxy groups -OCH3 is 1. The summed E-state index contributed by atoms with van der Waals surface area (Å²) in [5.74, 6) is 1.24. The Kier molecular flexibility index (Phi) is 7.37. The maximum absolute atomic E-state index is 12.8. The van der Waals surface area contributed by atoms with E-state index < -0.39 is 0 Å². The van der Waals surface area contributed by atoms with Crippen molar-refractivity contribution in [1.82, 2.24) is 24.8 Å². The lowest BCUT2D eigenvalue weighted by Crippen LogP contribution is -2.24. The van der Waals surface area contributed by atoms with Gasteiger partial charge in [-0.25, -0.2) is 9.97 Å². The van der Waals surface area contributed by atoms with Gasteiger partial charge in [-0.15, -0.1) is 0 Å². The van der Waals surface area contributed by atoms with Gasteiger partial charge >= 0.3 is 0 Å². The number of rotatable bonds is 10. The number of pyridine rings is 2. The quantitative estimate of drug-likeness (QED) is 0.274. The Morgan fingerprint density at radius 1 is 1.00 bits per heavy atom. The fourth-order valence-electron chi connectivity index (χ4n) is 4.58. The van der Waals surface area contributed by atoms with E-state index in [4.69, 9.17) is 15.5 Å². The second kappa shape index (κ2) is 11.2. The van der Waals surface area contributed by atoms with Gasteiger partial charge in [0.15, 0.2) is 5.82 Å². The molecule has 0 fully saturated rings. The number of ether oxygens (including phenoxy) is 1. The minimum Gasteiger partial charge on any atom is -0.384 e. The molecule has 0 bridgehead atoms. The van der Waals surface area contributed by atoms with Gasteiger partial charge in [-0.1, -0.05) is 48.5 Å². The molecule has 0 aliphatic rings. The molecule has 0 saturated heterocycles. The number of nitrogens with two attached hydrogens (primary N) is 1. The van der Waals surface area contributed by atoms with Crippen molar-refractivity contribution < 1.29 is 9.53 Å². The van der Waals surface area contributed by atoms with Crippen molar-refractivity contribution in [2.24, 2.45) is 0 Å². The molecule has 3 heterocycles. The molecule has 37 heavy (non-hydrogen) atoms. The number of unbranched alkanes of at least 4 members (excludes halogenated alkanes) is 1. The van der Waals surface area contributed by atoms with Gasteiger partial charge in [0, 0.05) is 50.0 Å². The maximum atomic E-state index is 12.8. The van der Waals surface area contributed by atoms with Gasteiger partial charge in [0.05, 0.1) is 23.2 Å². The van der Waals surface area contributed by atoms with Crippen LogP contribution in [0.3, 0.4) is 0 Å². The van der Waals surface area contributed by atoms with Crippen LogP contribution in [0.4, 0.5) is 5.82 Å². The van der Waals surface area contributed by atoms with Gasteiger partial charge in [0.2, 0.25) is 0 Å². The molecule has 0 unspecified atom stereocenters. The van der Waals surface area contributed by atoms with Crippen LogP contribution in [0.5, 0.6) is 0 Å². The first-order chi connectivity index (χ1) is 18.2. The molecule has 2 aromatic carbocycles. The summed E-state index contributed by atoms with van der Waals surface area (Å²) in [6, 6.07) is 19.8. The molecule has 1 amide bonds. The highest BCUT2D eigenvalue weighted by Crippen LogP contribution is 2.29. The number of aromatic nitrogens is 4. The molecule has 188 valence electrons. The Morgan fingerprint density at radius 3 is 2.65 bits per heavy atom. The number of aryl methyl sites for hydroxylation is 1. The number of hydrogen-bond acceptors (Lipinski definition) is 6. The number of imidazole rings is 1. The SMILES string of the molecule is COCCc1nc2c(N)nc3ccccc3c2n1CCCCNC(=O)c1cncc(-c2ccccc2)c1. The van der Waals surface area contributed by atoms with Crippen molar-refractivity contribution in [2.45, 2.75) is 25.8 Å². The molecular weight excluding hydrogens is 464 g/mol. The van der Waals surface area contributed by atoms with Gasteiger partial charge in [-0.3, -0.25) is 9.78 Å². The fourth-order valence-corrected chi connectivity index (χ4v) is 4.58. The van der Waals surface area contributed by atoms with E-state index in [1.54, 1.807) is 19.5 Å². The van der Waals surface area contributed by atoms with E-state index >= 15 is 0 Å². The Bertz CT molecular complexity index is 1530. The summed E-state index contributed by atoms with van der Waals surface area (Å²) in [4.78, 5) is 26.4. The monoisotopic (exact) mass is 494 g/mol. The fraction of sp³-hybridized carbons (Fsp3) is 0.241. The van der Waals surface area contributed by atoms with Crippen molar-refractivity contribution in [3.05, 3.63) is 84.4 Å². The number of nitrogens with one attached hydrogen (secondary N) is 1. The summed E-state index contributed by atoms with van der Waals surface area (Å²) in [7, 11) is 1.69. The first kappa shape index (κ1) is 24.4. The molecule has 8 nitrogen and oxygen atoms in total. The minimum atomic E-state index is -0.121. The summed E-state index contributed by atoms with van der Waals surface area (Å²) in [6.45, 7) is 1.89. The Balaban J connectivity index is 1.26. The summed E-state index contributed by atoms with van der Waals surface area (Å²) in [6.07, 6.45) is 5.74. The van der Waals surface area contributed by atoms with Crippen LogP contribution in [-0.2, 0) is 17.7 Å². The molecule has 3 N–H and O–H groups in total. The molecular formula is C29H30N6O2. The molecule has 0 spiro atoms. The second-order valence-corrected chi connectivity index (χ2v) is 8.93. The number of para-hydroxylation sites is 1. The molecule has 8 heteroatoms. The summed E-state index contributed by atoms with van der Waals surface area (Å²) in [5.41, 5.74) is 11.4. The van der Waals surface area contributed by atoms with Crippen LogP contribution >= 0.6 is 0 Å². The zero-order chi connectivity index (χ0) is 25.6. The zero-order valence-corrected chi connectivity index (χ0v) is 20.9. The summed E-state index contributed by atoms with van der Waals surface area (Å²) >= 11 is 0. The predicted molar refractivity (Wildman–Crippen MR) is 146 cm³/mol. The van der Waals surface area contributed by atoms with Gasteiger partial charge in [0.1, 0.15) is 11.3 Å². The van der Waals surface area contributed by atoms with E-state index in [-0.39, 0.29) is 5.91 Å². The lowest BCUT2D eigenvalue weighted by Gasteiger charge is -2.11. The largest absolute Gasteiger partial charge is 0.384 e. The van der Waals surface area contributed by atoms with Crippen LogP contribution in [0.25, 0.3) is 33.1 Å². The van der Waals surface area contributed by atoms with E-state index in [0.717, 1.165) is 58.3 Å². The standard InChI is InChI=1S/C29H30N6O2/c1-37-16-13-25-34-26-27(23-11-5-6-12-24(23)33-28(26)30)35(25)15-8-7-14-32-29(36)22-17-21(18-31-19-22)20-9-3-2-4-10-20/h2-6,9-12,17-19H,7-8,13-16H2,1H3,(H2,30,33)(H,32,36). The normalized spacial score (nSPS) is 11.3. The Labute approximate surface area is 215 Å². The van der Waals surface area contributed by atoms with Crippen LogP contribution in [0.1, 0.15) is 29.0 Å². The number of nitrogen functional groups attached to an aromatic ring is 1. The number of hydrogen-bond donors (Lipinski definition) is 2.